The van der Waals surface area contributed by atoms with Crippen molar-refractivity contribution in [2.45, 2.75) is 45.9 Å². The fraction of sp³-hybridized carbons (Fsp3) is 0.333. The predicted octanol–water partition coefficient (Wildman–Crippen LogP) is 4.97. The van der Waals surface area contributed by atoms with Gasteiger partial charge in [0.15, 0.2) is 5.76 Å². The second kappa shape index (κ2) is 9.71. The van der Waals surface area contributed by atoms with E-state index in [-0.39, 0.29) is 42.1 Å². The molecule has 1 atom stereocenters. The van der Waals surface area contributed by atoms with E-state index in [0.717, 1.165) is 23.1 Å². The van der Waals surface area contributed by atoms with Gasteiger partial charge in [-0.05, 0) is 73.4 Å². The Hall–Kier alpha value is -3.61. The third kappa shape index (κ3) is 4.83. The average Bonchev–Trinajstić information content (AvgIpc) is 3.30. The first-order valence-electron chi connectivity index (χ1n) is 11.4. The number of rotatable bonds is 6. The summed E-state index contributed by atoms with van der Waals surface area (Å²) >= 11 is 0. The zero-order chi connectivity index (χ0) is 24.4. The van der Waals surface area contributed by atoms with Crippen LogP contribution in [0.4, 0.5) is 4.39 Å². The Morgan fingerprint density at radius 3 is 2.56 bits per heavy atom. The van der Waals surface area contributed by atoms with Gasteiger partial charge in [-0.1, -0.05) is 18.2 Å². The molecule has 0 N–H and O–H groups in total. The fourth-order valence-electron chi connectivity index (χ4n) is 4.16. The number of carbonyl (C=O) groups excluding carboxylic acids is 2. The Morgan fingerprint density at radius 2 is 1.88 bits per heavy atom. The number of amides is 2. The minimum absolute atomic E-state index is 0.0366. The minimum Gasteiger partial charge on any atom is -0.486 e. The van der Waals surface area contributed by atoms with E-state index in [9.17, 15) is 14.0 Å². The first-order chi connectivity index (χ1) is 16.2. The van der Waals surface area contributed by atoms with Crippen LogP contribution in [-0.4, -0.2) is 41.2 Å². The number of nitrogens with zero attached hydrogens (tertiary/aromatic N) is 2. The molecule has 1 aliphatic heterocycles. The van der Waals surface area contributed by atoms with Crippen molar-refractivity contribution in [2.75, 3.05) is 13.6 Å². The average molecular weight is 465 g/mol. The van der Waals surface area contributed by atoms with Gasteiger partial charge in [-0.15, -0.1) is 0 Å². The molecular weight excluding hydrogens is 435 g/mol. The van der Waals surface area contributed by atoms with Gasteiger partial charge in [-0.3, -0.25) is 9.59 Å². The summed E-state index contributed by atoms with van der Waals surface area (Å²) < 4.78 is 25.2. The standard InChI is InChI=1S/C27H29FN2O4/c1-17(2)29(4)27(32)25-12-11-23(34-25)16-33-22-10-7-19-13-14-30(18(3)31)26(24(19)15-22)20-5-8-21(28)9-6-20/h5-12,15,17,26H,13-14,16H2,1-4H3. The van der Waals surface area contributed by atoms with Crippen LogP contribution in [0.2, 0.25) is 0 Å². The van der Waals surface area contributed by atoms with E-state index in [1.165, 1.54) is 12.1 Å². The van der Waals surface area contributed by atoms with Gasteiger partial charge in [-0.2, -0.15) is 0 Å². The van der Waals surface area contributed by atoms with Crippen LogP contribution in [0.15, 0.2) is 59.0 Å². The van der Waals surface area contributed by atoms with Gasteiger partial charge in [0.2, 0.25) is 5.91 Å². The predicted molar refractivity (Wildman–Crippen MR) is 126 cm³/mol. The molecule has 2 aromatic carbocycles. The Kier molecular flexibility index (Phi) is 6.72. The summed E-state index contributed by atoms with van der Waals surface area (Å²) in [6.45, 7) is 6.18. The highest BCUT2D eigenvalue weighted by Crippen LogP contribution is 2.37. The maximum atomic E-state index is 13.5. The van der Waals surface area contributed by atoms with Gasteiger partial charge in [0, 0.05) is 26.6 Å². The number of halogens is 1. The van der Waals surface area contributed by atoms with Gasteiger partial charge >= 0.3 is 0 Å². The first kappa shape index (κ1) is 23.5. The summed E-state index contributed by atoms with van der Waals surface area (Å²) in [6, 6.07) is 15.2. The topological polar surface area (TPSA) is 63.0 Å². The van der Waals surface area contributed by atoms with Crippen molar-refractivity contribution in [2.24, 2.45) is 0 Å². The fourth-order valence-corrected chi connectivity index (χ4v) is 4.16. The van der Waals surface area contributed by atoms with Crippen molar-refractivity contribution in [1.82, 2.24) is 9.80 Å². The molecule has 0 bridgehead atoms. The smallest absolute Gasteiger partial charge is 0.289 e. The zero-order valence-electron chi connectivity index (χ0n) is 19.9. The summed E-state index contributed by atoms with van der Waals surface area (Å²) in [5, 5.41) is 0. The SMILES string of the molecule is CC(=O)N1CCc2ccc(OCc3ccc(C(=O)N(C)C(C)C)o3)cc2C1c1ccc(F)cc1. The number of furan rings is 1. The van der Waals surface area contributed by atoms with Crippen molar-refractivity contribution < 1.29 is 23.1 Å². The normalized spacial score (nSPS) is 15.2. The number of ether oxygens (including phenoxy) is 1. The molecule has 0 radical (unpaired) electrons. The third-order valence-corrected chi connectivity index (χ3v) is 6.28. The molecule has 0 saturated heterocycles. The maximum absolute atomic E-state index is 13.5. The maximum Gasteiger partial charge on any atom is 0.289 e. The van der Waals surface area contributed by atoms with E-state index in [1.54, 1.807) is 48.0 Å². The molecule has 1 aliphatic rings. The molecule has 1 unspecified atom stereocenters. The quantitative estimate of drug-likeness (QED) is 0.517. The van der Waals surface area contributed by atoms with Gasteiger partial charge < -0.3 is 19.0 Å². The van der Waals surface area contributed by atoms with Crippen LogP contribution in [0.1, 0.15) is 59.8 Å². The van der Waals surface area contributed by atoms with Crippen molar-refractivity contribution in [3.05, 3.63) is 88.6 Å². The van der Waals surface area contributed by atoms with Crippen LogP contribution in [-0.2, 0) is 17.8 Å². The molecule has 4 rings (SSSR count). The van der Waals surface area contributed by atoms with Crippen molar-refractivity contribution in [3.63, 3.8) is 0 Å². The summed E-state index contributed by atoms with van der Waals surface area (Å²) in [5.74, 6) is 0.904. The van der Waals surface area contributed by atoms with Crippen LogP contribution in [0, 0.1) is 5.82 Å². The summed E-state index contributed by atoms with van der Waals surface area (Å²) in [5.41, 5.74) is 2.93. The molecule has 0 fully saturated rings. The molecule has 3 aromatic rings. The number of carbonyl (C=O) groups is 2. The van der Waals surface area contributed by atoms with Crippen molar-refractivity contribution in [3.8, 4) is 5.75 Å². The molecule has 178 valence electrons. The number of fused-ring (bicyclic) bond motifs is 1. The van der Waals surface area contributed by atoms with Crippen LogP contribution in [0.5, 0.6) is 5.75 Å². The lowest BCUT2D eigenvalue weighted by molar-refractivity contribution is -0.130. The van der Waals surface area contributed by atoms with Gasteiger partial charge in [0.1, 0.15) is 23.9 Å². The van der Waals surface area contributed by atoms with E-state index >= 15 is 0 Å². The van der Waals surface area contributed by atoms with Crippen molar-refractivity contribution in [1.29, 1.82) is 0 Å². The third-order valence-electron chi connectivity index (χ3n) is 6.28. The summed E-state index contributed by atoms with van der Waals surface area (Å²) in [7, 11) is 1.74. The van der Waals surface area contributed by atoms with E-state index in [1.807, 2.05) is 32.0 Å². The molecule has 34 heavy (non-hydrogen) atoms. The van der Waals surface area contributed by atoms with Gasteiger partial charge in [0.05, 0.1) is 6.04 Å². The van der Waals surface area contributed by atoms with Crippen LogP contribution < -0.4 is 4.74 Å². The Labute approximate surface area is 198 Å². The number of benzene rings is 2. The highest BCUT2D eigenvalue weighted by Gasteiger charge is 2.31. The largest absolute Gasteiger partial charge is 0.486 e. The molecule has 0 saturated carbocycles. The van der Waals surface area contributed by atoms with Gasteiger partial charge in [-0.25, -0.2) is 4.39 Å². The van der Waals surface area contributed by atoms with Crippen LogP contribution >= 0.6 is 0 Å². The highest BCUT2D eigenvalue weighted by atomic mass is 19.1. The summed E-state index contributed by atoms with van der Waals surface area (Å²) in [6.07, 6.45) is 0.736. The number of hydrogen-bond donors (Lipinski definition) is 0. The molecule has 2 heterocycles. The van der Waals surface area contributed by atoms with Crippen LogP contribution in [0.25, 0.3) is 0 Å². The van der Waals surface area contributed by atoms with E-state index in [4.69, 9.17) is 9.15 Å². The zero-order valence-corrected chi connectivity index (χ0v) is 19.9. The summed E-state index contributed by atoms with van der Waals surface area (Å²) in [4.78, 5) is 28.2. The molecule has 7 heteroatoms. The van der Waals surface area contributed by atoms with Crippen LogP contribution in [0.3, 0.4) is 0 Å². The Balaban J connectivity index is 1.55. The first-order valence-corrected chi connectivity index (χ1v) is 11.4. The Bertz CT molecular complexity index is 1190. The lowest BCUT2D eigenvalue weighted by atomic mass is 9.88. The van der Waals surface area contributed by atoms with E-state index in [2.05, 4.69) is 0 Å². The Morgan fingerprint density at radius 1 is 1.15 bits per heavy atom. The van der Waals surface area contributed by atoms with Crippen molar-refractivity contribution >= 4 is 11.8 Å². The molecule has 2 amide bonds. The minimum atomic E-state index is -0.317. The second-order valence-corrected chi connectivity index (χ2v) is 8.84. The molecule has 6 nitrogen and oxygen atoms in total. The van der Waals surface area contributed by atoms with Gasteiger partial charge in [0.25, 0.3) is 5.91 Å². The lowest BCUT2D eigenvalue weighted by Crippen LogP contribution is -2.39. The second-order valence-electron chi connectivity index (χ2n) is 8.84. The molecular formula is C27H29FN2O4. The lowest BCUT2D eigenvalue weighted by Gasteiger charge is -2.37. The molecule has 0 spiro atoms. The van der Waals surface area contributed by atoms with E-state index < -0.39 is 0 Å². The molecule has 1 aromatic heterocycles. The van der Waals surface area contributed by atoms with E-state index in [0.29, 0.717) is 18.1 Å². The highest BCUT2D eigenvalue weighted by molar-refractivity contribution is 5.91. The monoisotopic (exact) mass is 464 g/mol. The molecule has 0 aliphatic carbocycles. The number of hydrogen-bond acceptors (Lipinski definition) is 4.